The zero-order valence-electron chi connectivity index (χ0n) is 17.5. The van der Waals surface area contributed by atoms with Crippen LogP contribution in [-0.2, 0) is 15.7 Å². The summed E-state index contributed by atoms with van der Waals surface area (Å²) in [4.78, 5) is 7.13. The minimum atomic E-state index is -4.63. The molecule has 1 aliphatic carbocycles. The lowest BCUT2D eigenvalue weighted by molar-refractivity contribution is 0.300. The van der Waals surface area contributed by atoms with Crippen LogP contribution in [0.4, 0.5) is 14.7 Å². The van der Waals surface area contributed by atoms with Gasteiger partial charge < -0.3 is 16.4 Å². The van der Waals surface area contributed by atoms with Gasteiger partial charge in [-0.1, -0.05) is 17.7 Å². The number of aromatic nitrogens is 2. The van der Waals surface area contributed by atoms with Crippen molar-refractivity contribution < 1.29 is 17.2 Å². The summed E-state index contributed by atoms with van der Waals surface area (Å²) in [7, 11) is -4.63. The second kappa shape index (κ2) is 7.90. The van der Waals surface area contributed by atoms with Gasteiger partial charge in [0, 0.05) is 34.5 Å². The number of hydrogen-bond donors (Lipinski definition) is 4. The maximum atomic E-state index is 15.1. The van der Waals surface area contributed by atoms with E-state index >= 15 is 4.39 Å². The highest BCUT2D eigenvalue weighted by Gasteiger charge is 2.50. The van der Waals surface area contributed by atoms with Crippen molar-refractivity contribution in [3.8, 4) is 11.1 Å². The number of anilines is 1. The van der Waals surface area contributed by atoms with Gasteiger partial charge in [0.2, 0.25) is 16.0 Å². The third-order valence-electron chi connectivity index (χ3n) is 5.95. The van der Waals surface area contributed by atoms with Crippen LogP contribution in [0.25, 0.3) is 16.8 Å². The summed E-state index contributed by atoms with van der Waals surface area (Å²) in [6, 6.07) is 8.61. The first kappa shape index (κ1) is 22.5. The molecule has 5 rings (SSSR count). The summed E-state index contributed by atoms with van der Waals surface area (Å²) in [5, 5.41) is 12.0. The van der Waals surface area contributed by atoms with E-state index in [1.54, 1.807) is 36.7 Å². The van der Waals surface area contributed by atoms with Crippen LogP contribution < -0.4 is 21.5 Å². The van der Waals surface area contributed by atoms with E-state index in [0.717, 1.165) is 25.0 Å². The number of nitrogen functional groups attached to an aromatic ring is 1. The second-order valence-corrected chi connectivity index (χ2v) is 10.1. The minimum Gasteiger partial charge on any atom is -0.368 e. The van der Waals surface area contributed by atoms with Gasteiger partial charge in [-0.05, 0) is 48.7 Å². The quantitative estimate of drug-likeness (QED) is 0.419. The van der Waals surface area contributed by atoms with E-state index in [-0.39, 0.29) is 28.0 Å². The lowest BCUT2D eigenvalue weighted by Gasteiger charge is -2.31. The molecule has 0 bridgehead atoms. The van der Waals surface area contributed by atoms with Gasteiger partial charge in [0.1, 0.15) is 5.82 Å². The molecule has 12 heteroatoms. The van der Waals surface area contributed by atoms with E-state index in [4.69, 9.17) is 22.5 Å². The first-order chi connectivity index (χ1) is 16.1. The average Bonchev–Trinajstić information content (AvgIpc) is 3.53. The van der Waals surface area contributed by atoms with Crippen molar-refractivity contribution >= 4 is 33.3 Å². The Balaban J connectivity index is 1.55. The van der Waals surface area contributed by atoms with Crippen molar-refractivity contribution in [2.45, 2.75) is 23.4 Å². The largest absolute Gasteiger partial charge is 0.368 e. The van der Waals surface area contributed by atoms with Crippen molar-refractivity contribution in [2.75, 3.05) is 5.73 Å². The molecule has 0 radical (unpaired) electrons. The summed E-state index contributed by atoms with van der Waals surface area (Å²) in [6.45, 7) is 0. The molecule has 2 aliphatic rings. The molecule has 6 N–H and O–H groups in total. The molecule has 1 fully saturated rings. The van der Waals surface area contributed by atoms with Gasteiger partial charge in [-0.3, -0.25) is 0 Å². The number of halogens is 3. The summed E-state index contributed by atoms with van der Waals surface area (Å²) < 4.78 is 52.6. The Hall–Kier alpha value is -3.28. The number of nitrogens with one attached hydrogen (secondary N) is 2. The summed E-state index contributed by atoms with van der Waals surface area (Å²) >= 11 is 6.32. The molecule has 34 heavy (non-hydrogen) atoms. The third-order valence-corrected chi connectivity index (χ3v) is 7.22. The van der Waals surface area contributed by atoms with Gasteiger partial charge in [0.15, 0.2) is 16.4 Å². The lowest BCUT2D eigenvalue weighted by Crippen LogP contribution is -2.49. The van der Waals surface area contributed by atoms with E-state index in [1.165, 1.54) is 0 Å². The highest BCUT2D eigenvalue weighted by Crippen LogP contribution is 2.47. The van der Waals surface area contributed by atoms with Crippen LogP contribution >= 0.6 is 11.6 Å². The van der Waals surface area contributed by atoms with Crippen LogP contribution in [0.1, 0.15) is 24.1 Å². The zero-order chi connectivity index (χ0) is 24.3. The summed E-state index contributed by atoms with van der Waals surface area (Å²) in [6.07, 6.45) is 5.33. The van der Waals surface area contributed by atoms with Crippen molar-refractivity contribution in [1.29, 1.82) is 0 Å². The molecular formula is C22H19ClF2N6O2S. The fourth-order valence-corrected chi connectivity index (χ4v) is 5.12. The lowest BCUT2D eigenvalue weighted by atomic mass is 9.98. The number of benzene rings is 2. The molecule has 8 nitrogen and oxygen atoms in total. The fourth-order valence-electron chi connectivity index (χ4n) is 4.20. The SMILES string of the molecule is Nc1nccc(C2(C3CC3)NC=C(c3ccc(Cl)c(-c4ccc(F)c(S(N)(=O)=O)c4F)c3)N2)n1. The van der Waals surface area contributed by atoms with E-state index in [1.807, 2.05) is 0 Å². The predicted molar refractivity (Wildman–Crippen MR) is 123 cm³/mol. The first-order valence-corrected chi connectivity index (χ1v) is 12.2. The number of rotatable bonds is 5. The van der Waals surface area contributed by atoms with Crippen LogP contribution in [0.5, 0.6) is 0 Å². The molecular weight excluding hydrogens is 486 g/mol. The number of nitrogens with zero attached hydrogens (tertiary/aromatic N) is 2. The topological polar surface area (TPSA) is 136 Å². The summed E-state index contributed by atoms with van der Waals surface area (Å²) in [5.41, 5.74) is 7.10. The van der Waals surface area contributed by atoms with Crippen LogP contribution in [-0.4, -0.2) is 18.4 Å². The van der Waals surface area contributed by atoms with Crippen LogP contribution in [0, 0.1) is 17.6 Å². The van der Waals surface area contributed by atoms with Gasteiger partial charge in [0.25, 0.3) is 0 Å². The minimum absolute atomic E-state index is 0.151. The van der Waals surface area contributed by atoms with Crippen molar-refractivity contribution in [2.24, 2.45) is 11.1 Å². The summed E-state index contributed by atoms with van der Waals surface area (Å²) in [5.74, 6) is -2.18. The molecule has 176 valence electrons. The number of sulfonamides is 1. The van der Waals surface area contributed by atoms with Crippen LogP contribution in [0.3, 0.4) is 0 Å². The molecule has 3 aromatic rings. The maximum absolute atomic E-state index is 15.1. The molecule has 2 aromatic carbocycles. The Morgan fingerprint density at radius 1 is 1.12 bits per heavy atom. The Kier molecular flexibility index (Phi) is 5.23. The number of hydrogen-bond acceptors (Lipinski definition) is 7. The first-order valence-electron chi connectivity index (χ1n) is 10.3. The van der Waals surface area contributed by atoms with Gasteiger partial charge >= 0.3 is 0 Å². The van der Waals surface area contributed by atoms with Gasteiger partial charge in [-0.15, -0.1) is 0 Å². The number of primary sulfonamides is 1. The van der Waals surface area contributed by atoms with Crippen molar-refractivity contribution in [3.63, 3.8) is 0 Å². The maximum Gasteiger partial charge on any atom is 0.243 e. The van der Waals surface area contributed by atoms with E-state index in [0.29, 0.717) is 17.0 Å². The van der Waals surface area contributed by atoms with E-state index in [2.05, 4.69) is 20.6 Å². The van der Waals surface area contributed by atoms with Crippen molar-refractivity contribution in [1.82, 2.24) is 20.6 Å². The second-order valence-electron chi connectivity index (χ2n) is 8.19. The smallest absolute Gasteiger partial charge is 0.243 e. The molecule has 1 unspecified atom stereocenters. The average molecular weight is 505 g/mol. The highest BCUT2D eigenvalue weighted by atomic mass is 35.5. The molecule has 0 saturated heterocycles. The monoisotopic (exact) mass is 504 g/mol. The Labute approximate surface area is 199 Å². The molecule has 1 aliphatic heterocycles. The zero-order valence-corrected chi connectivity index (χ0v) is 19.1. The molecule has 1 atom stereocenters. The Bertz CT molecular complexity index is 1460. The third kappa shape index (κ3) is 3.75. The highest BCUT2D eigenvalue weighted by molar-refractivity contribution is 7.89. The van der Waals surface area contributed by atoms with Gasteiger partial charge in [0.05, 0.1) is 11.4 Å². The Morgan fingerprint density at radius 3 is 2.56 bits per heavy atom. The molecule has 1 aromatic heterocycles. The molecule has 1 saturated carbocycles. The van der Waals surface area contributed by atoms with Crippen LogP contribution in [0.2, 0.25) is 5.02 Å². The predicted octanol–water partition coefficient (Wildman–Crippen LogP) is 3.06. The standard InChI is InChI=1S/C22H19ClF2N6O2S/c23-15-5-1-11(9-14(15)13-4-6-16(24)20(19(13)25)34(27,32)33)17-10-29-22(31-17,12-2-3-12)18-7-8-28-21(26)30-18/h1,4-10,12,29,31H,2-3H2,(H2,26,28,30)(H2,27,32,33). The van der Waals surface area contributed by atoms with E-state index < -0.39 is 32.2 Å². The van der Waals surface area contributed by atoms with E-state index in [9.17, 15) is 12.8 Å². The number of nitrogens with two attached hydrogens (primary N) is 2. The fraction of sp³-hybridized carbons (Fsp3) is 0.182. The molecule has 0 amide bonds. The normalized spacial score (nSPS) is 19.9. The molecule has 0 spiro atoms. The van der Waals surface area contributed by atoms with Crippen LogP contribution in [0.15, 0.2) is 53.7 Å². The molecule has 2 heterocycles. The Morgan fingerprint density at radius 2 is 1.88 bits per heavy atom. The van der Waals surface area contributed by atoms with Crippen molar-refractivity contribution in [3.05, 3.63) is 76.7 Å². The van der Waals surface area contributed by atoms with Gasteiger partial charge in [-0.2, -0.15) is 0 Å². The van der Waals surface area contributed by atoms with Gasteiger partial charge in [-0.25, -0.2) is 32.3 Å².